The van der Waals surface area contributed by atoms with Gasteiger partial charge in [-0.25, -0.2) is 0 Å². The number of rotatable bonds is 3. The lowest BCUT2D eigenvalue weighted by Gasteiger charge is -2.33. The summed E-state index contributed by atoms with van der Waals surface area (Å²) in [5, 5.41) is 9.64. The van der Waals surface area contributed by atoms with Gasteiger partial charge in [0.2, 0.25) is 0 Å². The van der Waals surface area contributed by atoms with E-state index in [1.54, 1.807) is 0 Å². The molecule has 3 nitrogen and oxygen atoms in total. The van der Waals surface area contributed by atoms with Crippen molar-refractivity contribution in [2.45, 2.75) is 70.6 Å². The number of benzene rings is 1. The number of hydrogen-bond acceptors (Lipinski definition) is 3. The normalized spacial score (nSPS) is 23.0. The van der Waals surface area contributed by atoms with E-state index in [1.165, 1.54) is 11.1 Å². The fourth-order valence-corrected chi connectivity index (χ4v) is 4.23. The Balaban J connectivity index is 2.11. The van der Waals surface area contributed by atoms with E-state index in [4.69, 9.17) is 5.73 Å². The molecule has 0 spiro atoms. The van der Waals surface area contributed by atoms with Crippen molar-refractivity contribution >= 4 is 21.6 Å². The van der Waals surface area contributed by atoms with Gasteiger partial charge in [0.25, 0.3) is 0 Å². The summed E-state index contributed by atoms with van der Waals surface area (Å²) < 4.78 is 1.14. The molecule has 2 rings (SSSR count). The zero-order valence-electron chi connectivity index (χ0n) is 14.2. The number of aliphatic hydroxyl groups is 1. The van der Waals surface area contributed by atoms with Crippen LogP contribution in [-0.2, 0) is 12.0 Å². The third-order valence-electron chi connectivity index (χ3n) is 4.75. The summed E-state index contributed by atoms with van der Waals surface area (Å²) in [4.78, 5) is 2.38. The van der Waals surface area contributed by atoms with Crippen LogP contribution >= 0.6 is 15.9 Å². The molecule has 1 aliphatic carbocycles. The Morgan fingerprint density at radius 3 is 2.36 bits per heavy atom. The van der Waals surface area contributed by atoms with Crippen molar-refractivity contribution in [3.05, 3.63) is 27.7 Å². The van der Waals surface area contributed by atoms with Crippen LogP contribution in [0.25, 0.3) is 0 Å². The molecule has 0 unspecified atom stereocenters. The molecule has 1 aromatic rings. The number of nitrogen functional groups attached to an aromatic ring is 1. The van der Waals surface area contributed by atoms with Gasteiger partial charge in [0, 0.05) is 22.7 Å². The lowest BCUT2D eigenvalue weighted by molar-refractivity contribution is 0.0818. The third-order valence-corrected chi connectivity index (χ3v) is 5.40. The topological polar surface area (TPSA) is 49.5 Å². The third kappa shape index (κ3) is 4.24. The summed E-state index contributed by atoms with van der Waals surface area (Å²) in [6.07, 6.45) is 3.86. The van der Waals surface area contributed by atoms with E-state index >= 15 is 0 Å². The van der Waals surface area contributed by atoms with Crippen LogP contribution in [-0.4, -0.2) is 29.2 Å². The van der Waals surface area contributed by atoms with E-state index in [2.05, 4.69) is 60.8 Å². The Morgan fingerprint density at radius 2 is 1.82 bits per heavy atom. The van der Waals surface area contributed by atoms with Crippen LogP contribution in [0, 0.1) is 0 Å². The number of nitrogens with two attached hydrogens (primary N) is 1. The molecular weight excluding hydrogens is 340 g/mol. The highest BCUT2D eigenvalue weighted by molar-refractivity contribution is 9.10. The summed E-state index contributed by atoms with van der Waals surface area (Å²) in [6, 6.07) is 4.82. The monoisotopic (exact) mass is 368 g/mol. The van der Waals surface area contributed by atoms with E-state index in [9.17, 15) is 5.11 Å². The molecule has 0 heterocycles. The van der Waals surface area contributed by atoms with E-state index < -0.39 is 0 Å². The fourth-order valence-electron chi connectivity index (χ4n) is 3.24. The van der Waals surface area contributed by atoms with E-state index in [0.717, 1.165) is 42.4 Å². The minimum atomic E-state index is -0.102. The van der Waals surface area contributed by atoms with Gasteiger partial charge in [0.05, 0.1) is 6.10 Å². The first-order chi connectivity index (χ1) is 10.2. The van der Waals surface area contributed by atoms with Crippen molar-refractivity contribution in [1.29, 1.82) is 0 Å². The summed E-state index contributed by atoms with van der Waals surface area (Å²) in [5.74, 6) is 0. The summed E-state index contributed by atoms with van der Waals surface area (Å²) in [7, 11) is 2.16. The molecule has 1 fully saturated rings. The average molecular weight is 369 g/mol. The highest BCUT2D eigenvalue weighted by atomic mass is 79.9. The second-order valence-corrected chi connectivity index (χ2v) is 8.51. The maximum absolute atomic E-state index is 9.64. The second-order valence-electron chi connectivity index (χ2n) is 7.66. The van der Waals surface area contributed by atoms with Gasteiger partial charge in [-0.2, -0.15) is 0 Å². The molecule has 124 valence electrons. The molecule has 0 radical (unpaired) electrons. The number of hydrogen-bond donors (Lipinski definition) is 2. The van der Waals surface area contributed by atoms with Crippen LogP contribution in [0.1, 0.15) is 57.6 Å². The zero-order chi connectivity index (χ0) is 16.5. The maximum atomic E-state index is 9.64. The van der Waals surface area contributed by atoms with Crippen molar-refractivity contribution in [3.8, 4) is 0 Å². The van der Waals surface area contributed by atoms with Crippen LogP contribution in [0.15, 0.2) is 16.6 Å². The second kappa shape index (κ2) is 6.90. The molecule has 22 heavy (non-hydrogen) atoms. The molecule has 1 saturated carbocycles. The smallest absolute Gasteiger partial charge is 0.0541 e. The molecular formula is C18H29BrN2O. The van der Waals surface area contributed by atoms with Crippen LogP contribution in [0.2, 0.25) is 0 Å². The molecule has 0 aliphatic heterocycles. The Hall–Kier alpha value is -0.580. The fraction of sp³-hybridized carbons (Fsp3) is 0.667. The molecule has 4 heteroatoms. The van der Waals surface area contributed by atoms with Crippen molar-refractivity contribution in [3.63, 3.8) is 0 Å². The quantitative estimate of drug-likeness (QED) is 0.790. The Morgan fingerprint density at radius 1 is 1.23 bits per heavy atom. The standard InChI is InChI=1S/C18H29BrN2O/c1-18(2,3)15-10-17(20)12(9-16(15)19)11-21(4)13-5-7-14(22)8-6-13/h9-10,13-14,22H,5-8,11,20H2,1-4H3/t13-,14-. The first kappa shape index (κ1) is 17.8. The predicted octanol–water partition coefficient (Wildman–Crippen LogP) is 4.06. The summed E-state index contributed by atoms with van der Waals surface area (Å²) in [5.41, 5.74) is 9.67. The van der Waals surface area contributed by atoms with Gasteiger partial charge < -0.3 is 10.8 Å². The maximum Gasteiger partial charge on any atom is 0.0541 e. The van der Waals surface area contributed by atoms with Gasteiger partial charge >= 0.3 is 0 Å². The highest BCUT2D eigenvalue weighted by Gasteiger charge is 2.24. The van der Waals surface area contributed by atoms with Gasteiger partial charge in [-0.1, -0.05) is 36.7 Å². The van der Waals surface area contributed by atoms with Crippen LogP contribution in [0.3, 0.4) is 0 Å². The van der Waals surface area contributed by atoms with E-state index in [0.29, 0.717) is 6.04 Å². The lowest BCUT2D eigenvalue weighted by Crippen LogP contribution is -2.36. The molecule has 0 saturated heterocycles. The minimum Gasteiger partial charge on any atom is -0.398 e. The molecule has 0 amide bonds. The van der Waals surface area contributed by atoms with Crippen molar-refractivity contribution in [1.82, 2.24) is 4.90 Å². The van der Waals surface area contributed by atoms with Crippen LogP contribution < -0.4 is 5.73 Å². The van der Waals surface area contributed by atoms with E-state index in [1.807, 2.05) is 0 Å². The van der Waals surface area contributed by atoms with E-state index in [-0.39, 0.29) is 11.5 Å². The minimum absolute atomic E-state index is 0.0803. The number of anilines is 1. The molecule has 0 atom stereocenters. The van der Waals surface area contributed by atoms with Crippen molar-refractivity contribution in [2.75, 3.05) is 12.8 Å². The molecule has 1 aliphatic rings. The Labute approximate surface area is 143 Å². The first-order valence-corrected chi connectivity index (χ1v) is 8.94. The number of aliphatic hydroxyl groups excluding tert-OH is 1. The number of halogens is 1. The first-order valence-electron chi connectivity index (χ1n) is 8.15. The molecule has 1 aromatic carbocycles. The van der Waals surface area contributed by atoms with Gasteiger partial charge in [0.15, 0.2) is 0 Å². The Kier molecular flexibility index (Phi) is 5.57. The van der Waals surface area contributed by atoms with Crippen molar-refractivity contribution < 1.29 is 5.11 Å². The lowest BCUT2D eigenvalue weighted by atomic mass is 9.86. The van der Waals surface area contributed by atoms with Crippen molar-refractivity contribution in [2.24, 2.45) is 0 Å². The predicted molar refractivity (Wildman–Crippen MR) is 97.0 cm³/mol. The SMILES string of the molecule is CN(Cc1cc(Br)c(C(C)(C)C)cc1N)[C@H]1CC[C@H](O)CC1. The highest BCUT2D eigenvalue weighted by Crippen LogP contribution is 2.34. The largest absolute Gasteiger partial charge is 0.398 e. The average Bonchev–Trinajstić information content (AvgIpc) is 2.42. The van der Waals surface area contributed by atoms with Crippen LogP contribution in [0.4, 0.5) is 5.69 Å². The zero-order valence-corrected chi connectivity index (χ0v) is 15.8. The molecule has 0 aromatic heterocycles. The molecule has 3 N–H and O–H groups in total. The van der Waals surface area contributed by atoms with Gasteiger partial charge in [-0.3, -0.25) is 4.90 Å². The number of nitrogens with zero attached hydrogens (tertiary/aromatic N) is 1. The Bertz CT molecular complexity index is 517. The van der Waals surface area contributed by atoms with Gasteiger partial charge in [-0.05, 0) is 61.4 Å². The summed E-state index contributed by atoms with van der Waals surface area (Å²) >= 11 is 3.70. The van der Waals surface area contributed by atoms with Crippen LogP contribution in [0.5, 0.6) is 0 Å². The van der Waals surface area contributed by atoms with Gasteiger partial charge in [0.1, 0.15) is 0 Å². The van der Waals surface area contributed by atoms with Gasteiger partial charge in [-0.15, -0.1) is 0 Å². The molecule has 0 bridgehead atoms. The summed E-state index contributed by atoms with van der Waals surface area (Å²) in [6.45, 7) is 7.46.